The van der Waals surface area contributed by atoms with Crippen LogP contribution in [0.1, 0.15) is 88.8 Å². The molecule has 1 aliphatic carbocycles. The van der Waals surface area contributed by atoms with Gasteiger partial charge in [-0.2, -0.15) is 0 Å². The second-order valence-corrected chi connectivity index (χ2v) is 23.1. The molecule has 13 rings (SSSR count). The first-order chi connectivity index (χ1) is 34.1. The van der Waals surface area contributed by atoms with Gasteiger partial charge in [0.25, 0.3) is 6.71 Å². The summed E-state index contributed by atoms with van der Waals surface area (Å²) in [5, 5.41) is 2.53. The van der Waals surface area contributed by atoms with Gasteiger partial charge in [-0.3, -0.25) is 0 Å². The molecule has 346 valence electrons. The van der Waals surface area contributed by atoms with Crippen LogP contribution in [-0.4, -0.2) is 11.3 Å². The molecular weight excluding hydrogens is 858 g/mol. The summed E-state index contributed by atoms with van der Waals surface area (Å²) in [5.74, 6) is 0. The second-order valence-electron chi connectivity index (χ2n) is 23.1. The van der Waals surface area contributed by atoms with Gasteiger partial charge in [0.15, 0.2) is 0 Å². The number of benzene rings is 9. The number of aryl methyl sites for hydroxylation is 2. The van der Waals surface area contributed by atoms with E-state index in [0.717, 1.165) is 5.69 Å². The van der Waals surface area contributed by atoms with E-state index in [1.807, 2.05) is 0 Å². The second kappa shape index (κ2) is 15.2. The maximum absolute atomic E-state index is 2.67. The first-order valence-corrected chi connectivity index (χ1v) is 25.5. The summed E-state index contributed by atoms with van der Waals surface area (Å²) in [6.45, 7) is 23.6. The molecule has 3 nitrogen and oxygen atoms in total. The molecule has 0 unspecified atom stereocenters. The lowest BCUT2D eigenvalue weighted by atomic mass is 9.33. The predicted octanol–water partition coefficient (Wildman–Crippen LogP) is 16.1. The quantitative estimate of drug-likeness (QED) is 0.163. The largest absolute Gasteiger partial charge is 0.311 e. The Balaban J connectivity index is 1.17. The lowest BCUT2D eigenvalue weighted by Crippen LogP contribution is -2.61. The molecule has 1 aromatic heterocycles. The van der Waals surface area contributed by atoms with Crippen molar-refractivity contribution in [2.24, 2.45) is 0 Å². The molecule has 0 saturated heterocycles. The van der Waals surface area contributed by atoms with Gasteiger partial charge in [0.1, 0.15) is 0 Å². The SMILES string of the molecule is Cc1cc(-c2ccccc2)cc(C)c1N1c2cc(C(C)(C)C)ccc2B2c3cc4c5ccccc5n(-c5ccccc5)c4cc3N(c3ccc4c(c3)C(C)(C)c3ccccc3-4)c3cc(C(C)(C)C)cc1c32. The fourth-order valence-corrected chi connectivity index (χ4v) is 12.7. The van der Waals surface area contributed by atoms with Gasteiger partial charge in [-0.1, -0.05) is 171 Å². The van der Waals surface area contributed by atoms with E-state index in [1.165, 1.54) is 128 Å². The van der Waals surface area contributed by atoms with Crippen LogP contribution in [0.3, 0.4) is 0 Å². The molecule has 0 N–H and O–H groups in total. The van der Waals surface area contributed by atoms with Crippen molar-refractivity contribution in [2.45, 2.75) is 85.5 Å². The van der Waals surface area contributed by atoms with Crippen LogP contribution in [0.4, 0.5) is 34.1 Å². The van der Waals surface area contributed by atoms with Crippen molar-refractivity contribution < 1.29 is 0 Å². The number of nitrogens with zero attached hydrogens (tertiary/aromatic N) is 3. The highest BCUT2D eigenvalue weighted by Crippen LogP contribution is 2.53. The molecule has 10 aromatic rings. The number of rotatable bonds is 4. The van der Waals surface area contributed by atoms with Crippen molar-refractivity contribution in [3.05, 3.63) is 215 Å². The molecule has 3 heterocycles. The van der Waals surface area contributed by atoms with Gasteiger partial charge < -0.3 is 14.4 Å². The maximum atomic E-state index is 2.67. The zero-order valence-corrected chi connectivity index (χ0v) is 42.7. The molecule has 3 aliphatic rings. The zero-order chi connectivity index (χ0) is 48.9. The fourth-order valence-electron chi connectivity index (χ4n) is 12.7. The van der Waals surface area contributed by atoms with Gasteiger partial charge in [0.2, 0.25) is 0 Å². The lowest BCUT2D eigenvalue weighted by Gasteiger charge is -2.46. The van der Waals surface area contributed by atoms with E-state index in [1.54, 1.807) is 0 Å². The van der Waals surface area contributed by atoms with E-state index < -0.39 is 0 Å². The molecular formula is C67H60BN3. The standard InChI is InChI=1S/C67H60BN3/c1-41-33-44(43-21-13-11-14-22-43)34-42(2)64(41)71-59-35-45(65(3,4)5)29-32-55(59)68-56-39-52-51-26-18-20-28-57(51)69(47-23-15-12-16-24-47)58(52)40-60(56)70(61-36-46(66(6,7)8)37-62(71)63(61)68)48-30-31-50-49-25-17-19-27-53(49)67(9,10)54(50)38-48/h11-40H,1-10H3. The lowest BCUT2D eigenvalue weighted by molar-refractivity contribution is 0.590. The minimum atomic E-state index is -0.166. The van der Waals surface area contributed by atoms with Crippen molar-refractivity contribution in [1.29, 1.82) is 0 Å². The Bertz CT molecular complexity index is 3820. The molecule has 0 bridgehead atoms. The van der Waals surface area contributed by atoms with Crippen LogP contribution in [0.15, 0.2) is 182 Å². The van der Waals surface area contributed by atoms with E-state index in [9.17, 15) is 0 Å². The van der Waals surface area contributed by atoms with E-state index in [0.29, 0.717) is 0 Å². The van der Waals surface area contributed by atoms with Gasteiger partial charge in [-0.05, 0) is 163 Å². The highest BCUT2D eigenvalue weighted by molar-refractivity contribution is 7.00. The Morgan fingerprint density at radius 1 is 0.423 bits per heavy atom. The predicted molar refractivity (Wildman–Crippen MR) is 305 cm³/mol. The van der Waals surface area contributed by atoms with Crippen molar-refractivity contribution in [3.8, 4) is 27.9 Å². The van der Waals surface area contributed by atoms with E-state index in [2.05, 4.69) is 266 Å². The Morgan fingerprint density at radius 3 is 1.75 bits per heavy atom. The van der Waals surface area contributed by atoms with Crippen LogP contribution >= 0.6 is 0 Å². The third kappa shape index (κ3) is 6.42. The fraction of sp³-hybridized carbons (Fsp3) is 0.194. The van der Waals surface area contributed by atoms with Crippen LogP contribution in [0, 0.1) is 13.8 Å². The van der Waals surface area contributed by atoms with Crippen LogP contribution in [-0.2, 0) is 16.2 Å². The average Bonchev–Trinajstić information content (AvgIpc) is 3.80. The number of aromatic nitrogens is 1. The summed E-state index contributed by atoms with van der Waals surface area (Å²) in [4.78, 5) is 5.32. The van der Waals surface area contributed by atoms with Crippen molar-refractivity contribution in [1.82, 2.24) is 4.57 Å². The molecule has 0 radical (unpaired) electrons. The summed E-state index contributed by atoms with van der Waals surface area (Å²) in [6, 6.07) is 69.5. The highest BCUT2D eigenvalue weighted by Gasteiger charge is 2.46. The number of para-hydroxylation sites is 2. The third-order valence-electron chi connectivity index (χ3n) is 16.3. The smallest absolute Gasteiger partial charge is 0.252 e. The summed E-state index contributed by atoms with van der Waals surface area (Å²) in [6.07, 6.45) is 0. The molecule has 9 aromatic carbocycles. The minimum absolute atomic E-state index is 0.0388. The average molecular weight is 918 g/mol. The highest BCUT2D eigenvalue weighted by atomic mass is 15.2. The van der Waals surface area contributed by atoms with Gasteiger partial charge >= 0.3 is 0 Å². The Kier molecular flexibility index (Phi) is 9.32. The van der Waals surface area contributed by atoms with Gasteiger partial charge in [-0.25, -0.2) is 0 Å². The molecule has 71 heavy (non-hydrogen) atoms. The van der Waals surface area contributed by atoms with E-state index >= 15 is 0 Å². The normalized spacial score (nSPS) is 14.4. The summed E-state index contributed by atoms with van der Waals surface area (Å²) < 4.78 is 2.48. The Hall–Kier alpha value is -7.56. The summed E-state index contributed by atoms with van der Waals surface area (Å²) in [5.41, 5.74) is 27.7. The zero-order valence-electron chi connectivity index (χ0n) is 42.7. The third-order valence-corrected chi connectivity index (χ3v) is 16.3. The number of hydrogen-bond acceptors (Lipinski definition) is 2. The number of hydrogen-bond donors (Lipinski definition) is 0. The number of anilines is 6. The van der Waals surface area contributed by atoms with Crippen molar-refractivity contribution in [2.75, 3.05) is 9.80 Å². The van der Waals surface area contributed by atoms with Crippen molar-refractivity contribution in [3.63, 3.8) is 0 Å². The van der Waals surface area contributed by atoms with Crippen LogP contribution in [0.2, 0.25) is 0 Å². The van der Waals surface area contributed by atoms with Crippen LogP contribution in [0.5, 0.6) is 0 Å². The summed E-state index contributed by atoms with van der Waals surface area (Å²) in [7, 11) is 0. The van der Waals surface area contributed by atoms with Gasteiger partial charge in [-0.15, -0.1) is 0 Å². The number of fused-ring (bicyclic) bond motifs is 10. The molecule has 0 fully saturated rings. The Morgan fingerprint density at radius 2 is 1.03 bits per heavy atom. The van der Waals surface area contributed by atoms with Gasteiger partial charge in [0.05, 0.1) is 16.7 Å². The van der Waals surface area contributed by atoms with Gasteiger partial charge in [0, 0.05) is 50.3 Å². The minimum Gasteiger partial charge on any atom is -0.311 e. The monoisotopic (exact) mass is 917 g/mol. The van der Waals surface area contributed by atoms with Crippen molar-refractivity contribution >= 4 is 79.0 Å². The molecule has 0 atom stereocenters. The maximum Gasteiger partial charge on any atom is 0.252 e. The van der Waals surface area contributed by atoms with E-state index in [4.69, 9.17) is 0 Å². The van der Waals surface area contributed by atoms with Crippen LogP contribution < -0.4 is 26.2 Å². The first kappa shape index (κ1) is 43.5. The van der Waals surface area contributed by atoms with Crippen LogP contribution in [0.25, 0.3) is 49.7 Å². The molecule has 4 heteroatoms. The molecule has 0 spiro atoms. The topological polar surface area (TPSA) is 11.4 Å². The summed E-state index contributed by atoms with van der Waals surface area (Å²) >= 11 is 0. The Labute approximate surface area is 420 Å². The molecule has 0 saturated carbocycles. The van der Waals surface area contributed by atoms with E-state index in [-0.39, 0.29) is 23.0 Å². The first-order valence-electron chi connectivity index (χ1n) is 25.5. The molecule has 2 aliphatic heterocycles. The molecule has 0 amide bonds.